The first kappa shape index (κ1) is 14.8. The van der Waals surface area contributed by atoms with Crippen LogP contribution >= 0.6 is 0 Å². The van der Waals surface area contributed by atoms with Crippen molar-refractivity contribution in [1.82, 2.24) is 0 Å². The Hall–Kier alpha value is -1.22. The maximum atomic E-state index is 13.9. The van der Waals surface area contributed by atoms with Crippen molar-refractivity contribution in [2.75, 3.05) is 6.61 Å². The van der Waals surface area contributed by atoms with Gasteiger partial charge in [-0.2, -0.15) is 0 Å². The Morgan fingerprint density at radius 2 is 2.00 bits per heavy atom. The smallest absolute Gasteiger partial charge is 0.194 e. The van der Waals surface area contributed by atoms with Crippen molar-refractivity contribution in [3.8, 4) is 0 Å². The monoisotopic (exact) mass is 252 g/mol. The van der Waals surface area contributed by atoms with Gasteiger partial charge in [-0.25, -0.2) is 4.39 Å². The first-order valence-electron chi connectivity index (χ1n) is 6.43. The summed E-state index contributed by atoms with van der Waals surface area (Å²) in [5, 5.41) is 0. The minimum atomic E-state index is -0.532. The summed E-state index contributed by atoms with van der Waals surface area (Å²) in [7, 11) is 0. The maximum Gasteiger partial charge on any atom is 0.194 e. The fourth-order valence-corrected chi connectivity index (χ4v) is 2.14. The van der Waals surface area contributed by atoms with Crippen LogP contribution in [0.1, 0.15) is 48.2 Å². The second-order valence-corrected chi connectivity index (χ2v) is 4.54. The van der Waals surface area contributed by atoms with Crippen LogP contribution in [0.3, 0.4) is 0 Å². The molecule has 0 aliphatic carbocycles. The molecule has 1 atom stereocenters. The molecule has 0 saturated heterocycles. The summed E-state index contributed by atoms with van der Waals surface area (Å²) >= 11 is 0. The quantitative estimate of drug-likeness (QED) is 0.719. The predicted octanol–water partition coefficient (Wildman–Crippen LogP) is 3.83. The van der Waals surface area contributed by atoms with Crippen LogP contribution in [-0.2, 0) is 4.74 Å². The van der Waals surface area contributed by atoms with Gasteiger partial charge in [-0.15, -0.1) is 0 Å². The van der Waals surface area contributed by atoms with Gasteiger partial charge in [0.15, 0.2) is 5.78 Å². The third kappa shape index (κ3) is 3.39. The number of carbonyl (C=O) groups excluding carboxylic acids is 1. The average Bonchev–Trinajstić information content (AvgIpc) is 2.27. The number of hydrogen-bond donors (Lipinski definition) is 0. The molecule has 0 amide bonds. The Labute approximate surface area is 108 Å². The SMILES string of the molecule is CCCC(OCC)C(=O)c1c(C)cc(C)cc1F. The lowest BCUT2D eigenvalue weighted by atomic mass is 9.96. The molecule has 3 heteroatoms. The molecule has 0 saturated carbocycles. The summed E-state index contributed by atoms with van der Waals surface area (Å²) in [6.07, 6.45) is 0.929. The van der Waals surface area contributed by atoms with E-state index >= 15 is 0 Å². The fraction of sp³-hybridized carbons (Fsp3) is 0.533. The highest BCUT2D eigenvalue weighted by atomic mass is 19.1. The number of halogens is 1. The third-order valence-electron chi connectivity index (χ3n) is 2.89. The molecule has 0 aromatic heterocycles. The highest BCUT2D eigenvalue weighted by Crippen LogP contribution is 2.20. The van der Waals surface area contributed by atoms with E-state index in [1.807, 2.05) is 26.8 Å². The number of ether oxygens (including phenoxy) is 1. The van der Waals surface area contributed by atoms with E-state index in [4.69, 9.17) is 4.74 Å². The van der Waals surface area contributed by atoms with Crippen molar-refractivity contribution in [1.29, 1.82) is 0 Å². The molecule has 0 fully saturated rings. The van der Waals surface area contributed by atoms with Gasteiger partial charge in [0, 0.05) is 6.61 Å². The molecule has 0 bridgehead atoms. The Morgan fingerprint density at radius 3 is 2.50 bits per heavy atom. The lowest BCUT2D eigenvalue weighted by molar-refractivity contribution is 0.0419. The predicted molar refractivity (Wildman–Crippen MR) is 70.5 cm³/mol. The summed E-state index contributed by atoms with van der Waals surface area (Å²) < 4.78 is 19.3. The zero-order valence-electron chi connectivity index (χ0n) is 11.5. The third-order valence-corrected chi connectivity index (χ3v) is 2.89. The minimum Gasteiger partial charge on any atom is -0.370 e. The molecule has 1 unspecified atom stereocenters. The standard InChI is InChI=1S/C15H21FO2/c1-5-7-13(18-6-2)15(17)14-11(4)8-10(3)9-12(14)16/h8-9,13H,5-7H2,1-4H3. The summed E-state index contributed by atoms with van der Waals surface area (Å²) in [4.78, 5) is 12.3. The van der Waals surface area contributed by atoms with Crippen LogP contribution in [0.2, 0.25) is 0 Å². The molecule has 1 aromatic carbocycles. The Bertz CT molecular complexity index is 397. The highest BCUT2D eigenvalue weighted by molar-refractivity contribution is 6.01. The molecule has 0 spiro atoms. The lowest BCUT2D eigenvalue weighted by Crippen LogP contribution is -2.26. The number of ketones is 1. The summed E-state index contributed by atoms with van der Waals surface area (Å²) in [6.45, 7) is 7.86. The molecule has 18 heavy (non-hydrogen) atoms. The van der Waals surface area contributed by atoms with Gasteiger partial charge in [-0.05, 0) is 44.4 Å². The normalized spacial score (nSPS) is 12.5. The van der Waals surface area contributed by atoms with Crippen molar-refractivity contribution in [3.63, 3.8) is 0 Å². The van der Waals surface area contributed by atoms with Crippen LogP contribution in [0.15, 0.2) is 12.1 Å². The summed E-state index contributed by atoms with van der Waals surface area (Å²) in [5.74, 6) is -0.688. The second kappa shape index (κ2) is 6.64. The van der Waals surface area contributed by atoms with E-state index in [0.717, 1.165) is 12.0 Å². The zero-order chi connectivity index (χ0) is 13.7. The number of aryl methyl sites for hydroxylation is 2. The van der Waals surface area contributed by atoms with Crippen molar-refractivity contribution in [2.24, 2.45) is 0 Å². The number of Topliss-reactive ketones (excluding diaryl/α,β-unsaturated/α-hetero) is 1. The van der Waals surface area contributed by atoms with Crippen LogP contribution in [0, 0.1) is 19.7 Å². The Kier molecular flexibility index (Phi) is 5.48. The van der Waals surface area contributed by atoms with Crippen molar-refractivity contribution in [3.05, 3.63) is 34.6 Å². The topological polar surface area (TPSA) is 26.3 Å². The first-order valence-corrected chi connectivity index (χ1v) is 6.43. The lowest BCUT2D eigenvalue weighted by Gasteiger charge is -2.17. The molecule has 0 aliphatic heterocycles. The average molecular weight is 252 g/mol. The van der Waals surface area contributed by atoms with Crippen LogP contribution < -0.4 is 0 Å². The first-order chi connectivity index (χ1) is 8.51. The van der Waals surface area contributed by atoms with Crippen molar-refractivity contribution < 1.29 is 13.9 Å². The van der Waals surface area contributed by atoms with Crippen LogP contribution in [0.4, 0.5) is 4.39 Å². The van der Waals surface area contributed by atoms with Gasteiger partial charge in [0.05, 0.1) is 5.56 Å². The molecular formula is C15H21FO2. The minimum absolute atomic E-state index is 0.174. The van der Waals surface area contributed by atoms with Gasteiger partial charge in [-0.1, -0.05) is 19.4 Å². The summed E-state index contributed by atoms with van der Waals surface area (Å²) in [6, 6.07) is 3.22. The second-order valence-electron chi connectivity index (χ2n) is 4.54. The molecule has 1 aromatic rings. The van der Waals surface area contributed by atoms with E-state index in [2.05, 4.69) is 0 Å². The Balaban J connectivity index is 3.08. The largest absolute Gasteiger partial charge is 0.370 e. The molecule has 1 rings (SSSR count). The molecule has 2 nitrogen and oxygen atoms in total. The zero-order valence-corrected chi connectivity index (χ0v) is 11.5. The fourth-order valence-electron chi connectivity index (χ4n) is 2.14. The van der Waals surface area contributed by atoms with Gasteiger partial charge in [0.1, 0.15) is 11.9 Å². The molecule has 0 N–H and O–H groups in total. The number of rotatable bonds is 6. The van der Waals surface area contributed by atoms with E-state index in [1.165, 1.54) is 6.07 Å². The molecule has 0 heterocycles. The van der Waals surface area contributed by atoms with E-state index in [-0.39, 0.29) is 11.3 Å². The van der Waals surface area contributed by atoms with Gasteiger partial charge in [0.25, 0.3) is 0 Å². The highest BCUT2D eigenvalue weighted by Gasteiger charge is 2.24. The van der Waals surface area contributed by atoms with E-state index < -0.39 is 11.9 Å². The van der Waals surface area contributed by atoms with E-state index in [1.54, 1.807) is 6.92 Å². The van der Waals surface area contributed by atoms with E-state index in [9.17, 15) is 9.18 Å². The number of carbonyl (C=O) groups is 1. The molecule has 0 radical (unpaired) electrons. The molecule has 100 valence electrons. The van der Waals surface area contributed by atoms with Gasteiger partial charge in [-0.3, -0.25) is 4.79 Å². The Morgan fingerprint density at radius 1 is 1.33 bits per heavy atom. The maximum absolute atomic E-state index is 13.9. The van der Waals surface area contributed by atoms with E-state index in [0.29, 0.717) is 18.6 Å². The van der Waals surface area contributed by atoms with Crippen LogP contribution in [0.25, 0.3) is 0 Å². The van der Waals surface area contributed by atoms with Crippen LogP contribution in [-0.4, -0.2) is 18.5 Å². The van der Waals surface area contributed by atoms with Crippen molar-refractivity contribution >= 4 is 5.78 Å². The van der Waals surface area contributed by atoms with Gasteiger partial charge in [0.2, 0.25) is 0 Å². The van der Waals surface area contributed by atoms with Crippen LogP contribution in [0.5, 0.6) is 0 Å². The van der Waals surface area contributed by atoms with Gasteiger partial charge < -0.3 is 4.74 Å². The summed E-state index contributed by atoms with van der Waals surface area (Å²) in [5.41, 5.74) is 1.68. The molecule has 0 aliphatic rings. The number of hydrogen-bond acceptors (Lipinski definition) is 2. The molecular weight excluding hydrogens is 231 g/mol. The van der Waals surface area contributed by atoms with Crippen molar-refractivity contribution in [2.45, 2.75) is 46.6 Å². The van der Waals surface area contributed by atoms with Gasteiger partial charge >= 0.3 is 0 Å². The number of benzene rings is 1.